The van der Waals surface area contributed by atoms with Crippen molar-refractivity contribution in [1.82, 2.24) is 4.31 Å². The van der Waals surface area contributed by atoms with Gasteiger partial charge in [-0.25, -0.2) is 4.21 Å². The lowest BCUT2D eigenvalue weighted by atomic mass is 10.2. The minimum Gasteiger partial charge on any atom is -0.294 e. The molecule has 1 aliphatic carbocycles. The quantitative estimate of drug-likeness (QED) is 0.493. The second kappa shape index (κ2) is 4.91. The Bertz CT molecular complexity index is 461. The number of hydrogen-bond acceptors (Lipinski definition) is 3. The molecule has 0 spiro atoms. The zero-order valence-corrected chi connectivity index (χ0v) is 9.80. The molecule has 1 fully saturated rings. The summed E-state index contributed by atoms with van der Waals surface area (Å²) >= 11 is -2.08. The molecule has 1 aromatic carbocycles. The molecule has 7 heteroatoms. The average Bonchev–Trinajstić information content (AvgIpc) is 3.09. The van der Waals surface area contributed by atoms with Gasteiger partial charge in [0.25, 0.3) is 5.69 Å². The van der Waals surface area contributed by atoms with E-state index in [-0.39, 0.29) is 18.3 Å². The van der Waals surface area contributed by atoms with Gasteiger partial charge in [-0.3, -0.25) is 14.7 Å². The summed E-state index contributed by atoms with van der Waals surface area (Å²) in [6, 6.07) is 6.36. The Balaban J connectivity index is 2.22. The van der Waals surface area contributed by atoms with E-state index < -0.39 is 16.2 Å². The minimum atomic E-state index is -2.08. The summed E-state index contributed by atoms with van der Waals surface area (Å²) in [7, 11) is 0. The highest BCUT2D eigenvalue weighted by Crippen LogP contribution is 2.30. The molecule has 0 aliphatic heterocycles. The van der Waals surface area contributed by atoms with Gasteiger partial charge in [0.15, 0.2) is 0 Å². The molecular formula is C10H12N2O4S. The van der Waals surface area contributed by atoms with Crippen LogP contribution < -0.4 is 0 Å². The van der Waals surface area contributed by atoms with Gasteiger partial charge >= 0.3 is 0 Å². The second-order valence-electron chi connectivity index (χ2n) is 3.92. The van der Waals surface area contributed by atoms with Crippen molar-refractivity contribution in [1.29, 1.82) is 0 Å². The molecule has 0 aromatic heterocycles. The molecule has 1 aliphatic rings. The van der Waals surface area contributed by atoms with Gasteiger partial charge in [0.2, 0.25) is 11.3 Å². The van der Waals surface area contributed by atoms with Crippen LogP contribution in [0.4, 0.5) is 5.69 Å². The van der Waals surface area contributed by atoms with Crippen LogP contribution in [-0.2, 0) is 17.8 Å². The monoisotopic (exact) mass is 256 g/mol. The van der Waals surface area contributed by atoms with Gasteiger partial charge in [0, 0.05) is 24.2 Å². The first-order valence-electron chi connectivity index (χ1n) is 5.19. The fraction of sp³-hybridized carbons (Fsp3) is 0.400. The summed E-state index contributed by atoms with van der Waals surface area (Å²) in [5.74, 6) is 0. The van der Waals surface area contributed by atoms with Crippen LogP contribution in [0.15, 0.2) is 24.3 Å². The number of nitrogens with zero attached hydrogens (tertiary/aromatic N) is 2. The van der Waals surface area contributed by atoms with E-state index in [0.29, 0.717) is 5.56 Å². The van der Waals surface area contributed by atoms with Crippen LogP contribution in [0, 0.1) is 10.1 Å². The SMILES string of the molecule is O=[N+]([O-])c1ccccc1CN(C1CC1)S(=O)O. The van der Waals surface area contributed by atoms with Crippen LogP contribution >= 0.6 is 0 Å². The summed E-state index contributed by atoms with van der Waals surface area (Å²) in [5, 5.41) is 10.8. The van der Waals surface area contributed by atoms with Crippen molar-refractivity contribution in [2.45, 2.75) is 25.4 Å². The number of rotatable bonds is 5. The Morgan fingerprint density at radius 1 is 1.47 bits per heavy atom. The van der Waals surface area contributed by atoms with Crippen molar-refractivity contribution in [3.05, 3.63) is 39.9 Å². The van der Waals surface area contributed by atoms with Gasteiger partial charge < -0.3 is 0 Å². The van der Waals surface area contributed by atoms with Crippen molar-refractivity contribution in [3.63, 3.8) is 0 Å². The van der Waals surface area contributed by atoms with E-state index in [1.807, 2.05) is 0 Å². The Morgan fingerprint density at radius 2 is 2.12 bits per heavy atom. The third kappa shape index (κ3) is 2.87. The molecule has 1 aromatic rings. The minimum absolute atomic E-state index is 0.0106. The largest absolute Gasteiger partial charge is 0.294 e. The molecule has 0 bridgehead atoms. The van der Waals surface area contributed by atoms with E-state index in [4.69, 9.17) is 4.55 Å². The van der Waals surface area contributed by atoms with Gasteiger partial charge in [-0.05, 0) is 12.8 Å². The van der Waals surface area contributed by atoms with Crippen LogP contribution in [-0.4, -0.2) is 24.0 Å². The van der Waals surface area contributed by atoms with Crippen molar-refractivity contribution in [2.24, 2.45) is 0 Å². The first-order chi connectivity index (χ1) is 8.09. The van der Waals surface area contributed by atoms with E-state index in [2.05, 4.69) is 0 Å². The number of nitro benzene ring substituents is 1. The van der Waals surface area contributed by atoms with Gasteiger partial charge in [-0.2, -0.15) is 4.31 Å². The molecule has 17 heavy (non-hydrogen) atoms. The molecule has 0 heterocycles. The molecule has 6 nitrogen and oxygen atoms in total. The normalized spacial score (nSPS) is 17.1. The first kappa shape index (κ1) is 12.2. The Labute approximate surface area is 101 Å². The van der Waals surface area contributed by atoms with Crippen molar-refractivity contribution >= 4 is 17.0 Å². The highest BCUT2D eigenvalue weighted by atomic mass is 32.2. The summed E-state index contributed by atoms with van der Waals surface area (Å²) in [6.07, 6.45) is 1.74. The number of nitro groups is 1. The van der Waals surface area contributed by atoms with Gasteiger partial charge in [0.05, 0.1) is 4.92 Å². The maximum Gasteiger partial charge on any atom is 0.273 e. The first-order valence-corrected chi connectivity index (χ1v) is 6.26. The summed E-state index contributed by atoms with van der Waals surface area (Å²) in [5.41, 5.74) is 0.454. The molecule has 92 valence electrons. The van der Waals surface area contributed by atoms with E-state index in [1.54, 1.807) is 18.2 Å². The average molecular weight is 256 g/mol. The topological polar surface area (TPSA) is 83.7 Å². The predicted octanol–water partition coefficient (Wildman–Crippen LogP) is 1.70. The Morgan fingerprint density at radius 3 is 2.65 bits per heavy atom. The standard InChI is InChI=1S/C10H12N2O4S/c13-12(14)10-4-2-1-3-8(10)7-11(17(15)16)9-5-6-9/h1-4,9H,5-7H2,(H,15,16). The molecule has 0 amide bonds. The second-order valence-corrected chi connectivity index (χ2v) is 4.85. The lowest BCUT2D eigenvalue weighted by molar-refractivity contribution is -0.385. The zero-order chi connectivity index (χ0) is 12.4. The highest BCUT2D eigenvalue weighted by molar-refractivity contribution is 7.76. The molecular weight excluding hydrogens is 244 g/mol. The van der Waals surface area contributed by atoms with Gasteiger partial charge in [-0.1, -0.05) is 18.2 Å². The van der Waals surface area contributed by atoms with E-state index in [9.17, 15) is 14.3 Å². The molecule has 1 unspecified atom stereocenters. The van der Waals surface area contributed by atoms with Crippen molar-refractivity contribution in [2.75, 3.05) is 0 Å². The molecule has 0 saturated heterocycles. The fourth-order valence-corrected chi connectivity index (χ4v) is 2.38. The molecule has 2 rings (SSSR count). The molecule has 1 saturated carbocycles. The highest BCUT2D eigenvalue weighted by Gasteiger charge is 2.33. The van der Waals surface area contributed by atoms with Crippen LogP contribution in [0.25, 0.3) is 0 Å². The maximum absolute atomic E-state index is 11.1. The molecule has 1 N–H and O–H groups in total. The van der Waals surface area contributed by atoms with Crippen LogP contribution in [0.5, 0.6) is 0 Å². The van der Waals surface area contributed by atoms with E-state index in [0.717, 1.165) is 12.8 Å². The van der Waals surface area contributed by atoms with Crippen LogP contribution in [0.1, 0.15) is 18.4 Å². The van der Waals surface area contributed by atoms with Crippen LogP contribution in [0.2, 0.25) is 0 Å². The van der Waals surface area contributed by atoms with E-state index >= 15 is 0 Å². The predicted molar refractivity (Wildman–Crippen MR) is 62.4 cm³/mol. The molecule has 0 radical (unpaired) electrons. The lowest BCUT2D eigenvalue weighted by Gasteiger charge is -2.16. The zero-order valence-electron chi connectivity index (χ0n) is 8.98. The summed E-state index contributed by atoms with van der Waals surface area (Å²) in [4.78, 5) is 10.3. The summed E-state index contributed by atoms with van der Waals surface area (Å²) in [6.45, 7) is 0.130. The summed E-state index contributed by atoms with van der Waals surface area (Å²) < 4.78 is 21.7. The smallest absolute Gasteiger partial charge is 0.273 e. The van der Waals surface area contributed by atoms with Crippen molar-refractivity contribution < 1.29 is 13.7 Å². The van der Waals surface area contributed by atoms with E-state index in [1.165, 1.54) is 10.4 Å². The van der Waals surface area contributed by atoms with Crippen LogP contribution in [0.3, 0.4) is 0 Å². The lowest BCUT2D eigenvalue weighted by Crippen LogP contribution is -2.27. The number of hydrogen-bond donors (Lipinski definition) is 1. The maximum atomic E-state index is 11.1. The Kier molecular flexibility index (Phi) is 3.51. The van der Waals surface area contributed by atoms with Gasteiger partial charge in [-0.15, -0.1) is 0 Å². The number of para-hydroxylation sites is 1. The van der Waals surface area contributed by atoms with Gasteiger partial charge in [0.1, 0.15) is 0 Å². The third-order valence-corrected chi connectivity index (χ3v) is 3.50. The van der Waals surface area contributed by atoms with Crippen molar-refractivity contribution in [3.8, 4) is 0 Å². The fourth-order valence-electron chi connectivity index (χ4n) is 1.66. The number of benzene rings is 1. The third-order valence-electron chi connectivity index (χ3n) is 2.67. The Hall–Kier alpha value is -1.31. The molecule has 1 atom stereocenters.